The van der Waals surface area contributed by atoms with Gasteiger partial charge in [0.1, 0.15) is 5.82 Å². The standard InChI is InChI=1S/C12H23N5/c1-3-6-15-12(13)16-7-4-5-9-17-10-8-14-11(17)2/h8,10H,3-7,9H2,1-2H3,(H3,13,15,16). The molecule has 0 aliphatic rings. The second kappa shape index (κ2) is 7.70. The van der Waals surface area contributed by atoms with E-state index in [1.54, 1.807) is 0 Å². The minimum atomic E-state index is 0.561. The zero-order chi connectivity index (χ0) is 12.5. The van der Waals surface area contributed by atoms with E-state index in [4.69, 9.17) is 5.73 Å². The van der Waals surface area contributed by atoms with Crippen LogP contribution in [0.4, 0.5) is 0 Å². The molecule has 0 saturated heterocycles. The van der Waals surface area contributed by atoms with Crippen LogP contribution in [0.3, 0.4) is 0 Å². The van der Waals surface area contributed by atoms with Gasteiger partial charge in [-0.3, -0.25) is 4.99 Å². The minimum Gasteiger partial charge on any atom is -0.370 e. The predicted octanol–water partition coefficient (Wildman–Crippen LogP) is 1.29. The maximum absolute atomic E-state index is 5.68. The Hall–Kier alpha value is -1.52. The SMILES string of the molecule is CCCN=C(N)NCCCCn1ccnc1C. The minimum absolute atomic E-state index is 0.561. The van der Waals surface area contributed by atoms with Gasteiger partial charge in [-0.1, -0.05) is 6.92 Å². The Morgan fingerprint density at radius 3 is 3.00 bits per heavy atom. The molecular formula is C12H23N5. The van der Waals surface area contributed by atoms with Gasteiger partial charge in [-0.05, 0) is 26.2 Å². The van der Waals surface area contributed by atoms with Crippen molar-refractivity contribution < 1.29 is 0 Å². The Morgan fingerprint density at radius 1 is 1.53 bits per heavy atom. The number of imidazole rings is 1. The van der Waals surface area contributed by atoms with Crippen LogP contribution >= 0.6 is 0 Å². The van der Waals surface area contributed by atoms with Crippen molar-refractivity contribution in [2.45, 2.75) is 39.7 Å². The number of hydrogen-bond acceptors (Lipinski definition) is 2. The first-order valence-corrected chi connectivity index (χ1v) is 6.25. The monoisotopic (exact) mass is 237 g/mol. The Morgan fingerprint density at radius 2 is 2.35 bits per heavy atom. The summed E-state index contributed by atoms with van der Waals surface area (Å²) in [6.07, 6.45) is 7.08. The van der Waals surface area contributed by atoms with Crippen molar-refractivity contribution >= 4 is 5.96 Å². The van der Waals surface area contributed by atoms with Crippen LogP contribution in [0.2, 0.25) is 0 Å². The van der Waals surface area contributed by atoms with Crippen LogP contribution in [0.25, 0.3) is 0 Å². The maximum atomic E-state index is 5.68. The molecule has 0 aliphatic carbocycles. The van der Waals surface area contributed by atoms with Crippen molar-refractivity contribution in [1.29, 1.82) is 0 Å². The molecule has 0 aromatic carbocycles. The second-order valence-electron chi connectivity index (χ2n) is 4.07. The fourth-order valence-electron chi connectivity index (χ4n) is 1.55. The number of aromatic nitrogens is 2. The average molecular weight is 237 g/mol. The van der Waals surface area contributed by atoms with Gasteiger partial charge in [0.05, 0.1) is 0 Å². The van der Waals surface area contributed by atoms with Crippen LogP contribution < -0.4 is 11.1 Å². The van der Waals surface area contributed by atoms with Crippen LogP contribution in [-0.2, 0) is 6.54 Å². The van der Waals surface area contributed by atoms with Gasteiger partial charge in [0.2, 0.25) is 0 Å². The van der Waals surface area contributed by atoms with Crippen molar-refractivity contribution in [2.75, 3.05) is 13.1 Å². The lowest BCUT2D eigenvalue weighted by atomic mass is 10.3. The lowest BCUT2D eigenvalue weighted by Crippen LogP contribution is -2.32. The number of rotatable bonds is 7. The van der Waals surface area contributed by atoms with Crippen LogP contribution in [0, 0.1) is 6.92 Å². The van der Waals surface area contributed by atoms with Crippen molar-refractivity contribution in [1.82, 2.24) is 14.9 Å². The summed E-state index contributed by atoms with van der Waals surface area (Å²) in [7, 11) is 0. The highest BCUT2D eigenvalue weighted by atomic mass is 15.1. The van der Waals surface area contributed by atoms with E-state index in [0.29, 0.717) is 5.96 Å². The van der Waals surface area contributed by atoms with E-state index in [1.807, 2.05) is 19.3 Å². The molecule has 0 bridgehead atoms. The fourth-order valence-corrected chi connectivity index (χ4v) is 1.55. The third-order valence-corrected chi connectivity index (χ3v) is 2.56. The Balaban J connectivity index is 2.07. The number of nitrogens with two attached hydrogens (primary N) is 1. The molecule has 0 unspecified atom stereocenters. The van der Waals surface area contributed by atoms with E-state index in [1.165, 1.54) is 0 Å². The van der Waals surface area contributed by atoms with Gasteiger partial charge in [0, 0.05) is 32.0 Å². The van der Waals surface area contributed by atoms with E-state index in [0.717, 1.165) is 44.7 Å². The molecule has 1 aromatic rings. The molecule has 1 rings (SSSR count). The van der Waals surface area contributed by atoms with Gasteiger partial charge in [0.15, 0.2) is 5.96 Å². The number of nitrogens with zero attached hydrogens (tertiary/aromatic N) is 3. The Kier molecular flexibility index (Phi) is 6.14. The molecule has 0 aliphatic heterocycles. The number of nitrogens with one attached hydrogen (secondary N) is 1. The van der Waals surface area contributed by atoms with Crippen molar-refractivity contribution in [3.05, 3.63) is 18.2 Å². The van der Waals surface area contributed by atoms with E-state index in [2.05, 4.69) is 26.8 Å². The molecule has 5 nitrogen and oxygen atoms in total. The van der Waals surface area contributed by atoms with Crippen molar-refractivity contribution in [3.8, 4) is 0 Å². The van der Waals surface area contributed by atoms with Gasteiger partial charge in [-0.15, -0.1) is 0 Å². The zero-order valence-corrected chi connectivity index (χ0v) is 10.8. The normalized spacial score (nSPS) is 11.8. The number of aliphatic imine (C=N–C) groups is 1. The zero-order valence-electron chi connectivity index (χ0n) is 10.8. The van der Waals surface area contributed by atoms with E-state index >= 15 is 0 Å². The third-order valence-electron chi connectivity index (χ3n) is 2.56. The van der Waals surface area contributed by atoms with Crippen LogP contribution in [0.5, 0.6) is 0 Å². The van der Waals surface area contributed by atoms with Gasteiger partial charge in [-0.2, -0.15) is 0 Å². The molecule has 1 heterocycles. The van der Waals surface area contributed by atoms with Gasteiger partial charge in [0.25, 0.3) is 0 Å². The summed E-state index contributed by atoms with van der Waals surface area (Å²) < 4.78 is 2.16. The van der Waals surface area contributed by atoms with Crippen LogP contribution in [0.15, 0.2) is 17.4 Å². The second-order valence-corrected chi connectivity index (χ2v) is 4.07. The smallest absolute Gasteiger partial charge is 0.188 e. The molecule has 1 aromatic heterocycles. The summed E-state index contributed by atoms with van der Waals surface area (Å²) >= 11 is 0. The lowest BCUT2D eigenvalue weighted by Gasteiger charge is -2.06. The Labute approximate surface area is 103 Å². The van der Waals surface area contributed by atoms with E-state index in [9.17, 15) is 0 Å². The van der Waals surface area contributed by atoms with Gasteiger partial charge >= 0.3 is 0 Å². The summed E-state index contributed by atoms with van der Waals surface area (Å²) in [6, 6.07) is 0. The third kappa shape index (κ3) is 5.38. The summed E-state index contributed by atoms with van der Waals surface area (Å²) in [4.78, 5) is 8.36. The number of guanidine groups is 1. The quantitative estimate of drug-likeness (QED) is 0.426. The molecule has 0 fully saturated rings. The number of hydrogen-bond donors (Lipinski definition) is 2. The summed E-state index contributed by atoms with van der Waals surface area (Å²) in [5.41, 5.74) is 5.68. The molecule has 0 saturated carbocycles. The highest BCUT2D eigenvalue weighted by Gasteiger charge is 1.96. The van der Waals surface area contributed by atoms with Crippen LogP contribution in [0.1, 0.15) is 32.0 Å². The predicted molar refractivity (Wildman–Crippen MR) is 71.0 cm³/mol. The topological polar surface area (TPSA) is 68.2 Å². The Bertz CT molecular complexity index is 342. The molecule has 17 heavy (non-hydrogen) atoms. The van der Waals surface area contributed by atoms with Crippen molar-refractivity contribution in [2.24, 2.45) is 10.7 Å². The first-order valence-electron chi connectivity index (χ1n) is 6.25. The summed E-state index contributed by atoms with van der Waals surface area (Å²) in [5.74, 6) is 1.63. The highest BCUT2D eigenvalue weighted by molar-refractivity contribution is 5.77. The van der Waals surface area contributed by atoms with Crippen molar-refractivity contribution in [3.63, 3.8) is 0 Å². The first kappa shape index (κ1) is 13.5. The largest absolute Gasteiger partial charge is 0.370 e. The van der Waals surface area contributed by atoms with Gasteiger partial charge in [-0.25, -0.2) is 4.98 Å². The van der Waals surface area contributed by atoms with Crippen LogP contribution in [-0.4, -0.2) is 28.6 Å². The average Bonchev–Trinajstić information content (AvgIpc) is 2.72. The van der Waals surface area contributed by atoms with E-state index in [-0.39, 0.29) is 0 Å². The summed E-state index contributed by atoms with van der Waals surface area (Å²) in [5, 5.41) is 3.12. The first-order chi connectivity index (χ1) is 8.24. The highest BCUT2D eigenvalue weighted by Crippen LogP contribution is 1.98. The van der Waals surface area contributed by atoms with Gasteiger partial charge < -0.3 is 15.6 Å². The molecule has 0 amide bonds. The summed E-state index contributed by atoms with van der Waals surface area (Å²) in [6.45, 7) is 6.80. The molecule has 96 valence electrons. The molecule has 0 spiro atoms. The molecule has 0 radical (unpaired) electrons. The fraction of sp³-hybridized carbons (Fsp3) is 0.667. The van der Waals surface area contributed by atoms with E-state index < -0.39 is 0 Å². The number of aryl methyl sites for hydroxylation is 2. The molecule has 0 atom stereocenters. The molecule has 3 N–H and O–H groups in total. The number of unbranched alkanes of at least 4 members (excludes halogenated alkanes) is 1. The lowest BCUT2D eigenvalue weighted by molar-refractivity contribution is 0.590. The maximum Gasteiger partial charge on any atom is 0.188 e. The molecular weight excluding hydrogens is 214 g/mol. The molecule has 5 heteroatoms.